The SMILES string of the molecule is N#Cc1ccccc1COC(=O)c1ccc(N2CCCCCC2)c([N+](=O)[O-])c1. The van der Waals surface area contributed by atoms with Gasteiger partial charge in [-0.1, -0.05) is 31.0 Å². The molecule has 0 unspecified atom stereocenters. The molecule has 7 heteroatoms. The lowest BCUT2D eigenvalue weighted by Gasteiger charge is -2.22. The van der Waals surface area contributed by atoms with E-state index in [0.29, 0.717) is 16.8 Å². The fraction of sp³-hybridized carbons (Fsp3) is 0.333. The monoisotopic (exact) mass is 379 g/mol. The number of benzene rings is 2. The Morgan fingerprint density at radius 2 is 1.86 bits per heavy atom. The van der Waals surface area contributed by atoms with Gasteiger partial charge in [0.15, 0.2) is 0 Å². The Bertz CT molecular complexity index is 912. The molecule has 1 aliphatic heterocycles. The Labute approximate surface area is 163 Å². The summed E-state index contributed by atoms with van der Waals surface area (Å²) in [6, 6.07) is 13.3. The first-order valence-electron chi connectivity index (χ1n) is 9.28. The molecule has 0 radical (unpaired) electrons. The molecule has 28 heavy (non-hydrogen) atoms. The van der Waals surface area contributed by atoms with Gasteiger partial charge in [0.2, 0.25) is 0 Å². The number of carbonyl (C=O) groups excluding carboxylic acids is 1. The number of carbonyl (C=O) groups is 1. The average Bonchev–Trinajstić information content (AvgIpc) is 3.01. The first-order valence-corrected chi connectivity index (χ1v) is 9.28. The van der Waals surface area contributed by atoms with Gasteiger partial charge in [0, 0.05) is 24.7 Å². The number of nitro benzene ring substituents is 1. The summed E-state index contributed by atoms with van der Waals surface area (Å²) in [6.07, 6.45) is 4.25. The van der Waals surface area contributed by atoms with Gasteiger partial charge in [0.1, 0.15) is 12.3 Å². The molecule has 0 amide bonds. The molecule has 0 atom stereocenters. The highest BCUT2D eigenvalue weighted by Gasteiger charge is 2.23. The lowest BCUT2D eigenvalue weighted by atomic mass is 10.1. The van der Waals surface area contributed by atoms with Gasteiger partial charge in [-0.05, 0) is 31.0 Å². The van der Waals surface area contributed by atoms with Crippen molar-refractivity contribution in [3.8, 4) is 6.07 Å². The molecule has 3 rings (SSSR count). The standard InChI is InChI=1S/C21H21N3O4/c22-14-17-7-3-4-8-18(17)15-28-21(25)16-9-10-19(20(13-16)24(26)27)23-11-5-1-2-6-12-23/h3-4,7-10,13H,1-2,5-6,11-12,15H2. The van der Waals surface area contributed by atoms with E-state index in [2.05, 4.69) is 0 Å². The number of rotatable bonds is 5. The van der Waals surface area contributed by atoms with Gasteiger partial charge in [0.05, 0.1) is 22.1 Å². The fourth-order valence-electron chi connectivity index (χ4n) is 3.36. The van der Waals surface area contributed by atoms with E-state index in [4.69, 9.17) is 10.00 Å². The summed E-state index contributed by atoms with van der Waals surface area (Å²) in [6.45, 7) is 1.48. The molecule has 1 aliphatic rings. The Morgan fingerprint density at radius 1 is 1.14 bits per heavy atom. The molecule has 144 valence electrons. The normalized spacial score (nSPS) is 14.0. The molecular weight excluding hydrogens is 358 g/mol. The zero-order valence-electron chi connectivity index (χ0n) is 15.5. The number of anilines is 1. The van der Waals surface area contributed by atoms with Crippen molar-refractivity contribution in [2.75, 3.05) is 18.0 Å². The summed E-state index contributed by atoms with van der Waals surface area (Å²) in [5.74, 6) is -0.654. The second-order valence-electron chi connectivity index (χ2n) is 6.71. The minimum Gasteiger partial charge on any atom is -0.457 e. The van der Waals surface area contributed by atoms with Gasteiger partial charge in [-0.25, -0.2) is 4.79 Å². The summed E-state index contributed by atoms with van der Waals surface area (Å²) in [5, 5.41) is 20.7. The highest BCUT2D eigenvalue weighted by molar-refractivity contribution is 5.91. The van der Waals surface area contributed by atoms with Crippen LogP contribution < -0.4 is 4.90 Å². The molecule has 0 spiro atoms. The molecule has 2 aromatic carbocycles. The maximum Gasteiger partial charge on any atom is 0.338 e. The largest absolute Gasteiger partial charge is 0.457 e. The van der Waals surface area contributed by atoms with Crippen LogP contribution in [0.2, 0.25) is 0 Å². The maximum atomic E-state index is 12.4. The number of nitro groups is 1. The van der Waals surface area contributed by atoms with E-state index in [1.165, 1.54) is 6.07 Å². The van der Waals surface area contributed by atoms with Crippen molar-refractivity contribution in [1.82, 2.24) is 0 Å². The van der Waals surface area contributed by atoms with E-state index in [9.17, 15) is 14.9 Å². The molecule has 7 nitrogen and oxygen atoms in total. The van der Waals surface area contributed by atoms with Gasteiger partial charge in [-0.15, -0.1) is 0 Å². The van der Waals surface area contributed by atoms with Crippen LogP contribution in [-0.2, 0) is 11.3 Å². The third-order valence-corrected chi connectivity index (χ3v) is 4.85. The highest BCUT2D eigenvalue weighted by Crippen LogP contribution is 2.31. The lowest BCUT2D eigenvalue weighted by Crippen LogP contribution is -2.24. The number of hydrogen-bond donors (Lipinski definition) is 0. The van der Waals surface area contributed by atoms with E-state index in [-0.39, 0.29) is 17.9 Å². The predicted molar refractivity (Wildman–Crippen MR) is 104 cm³/mol. The van der Waals surface area contributed by atoms with E-state index >= 15 is 0 Å². The second kappa shape index (κ2) is 9.00. The Hall–Kier alpha value is -3.40. The van der Waals surface area contributed by atoms with Crippen molar-refractivity contribution in [1.29, 1.82) is 5.26 Å². The Morgan fingerprint density at radius 3 is 2.54 bits per heavy atom. The smallest absolute Gasteiger partial charge is 0.338 e. The van der Waals surface area contributed by atoms with Gasteiger partial charge in [-0.3, -0.25) is 10.1 Å². The van der Waals surface area contributed by atoms with Gasteiger partial charge in [0.25, 0.3) is 5.69 Å². The van der Waals surface area contributed by atoms with Crippen LogP contribution in [0.3, 0.4) is 0 Å². The minimum absolute atomic E-state index is 0.0652. The van der Waals surface area contributed by atoms with Crippen molar-refractivity contribution >= 4 is 17.3 Å². The number of hydrogen-bond acceptors (Lipinski definition) is 6. The van der Waals surface area contributed by atoms with Crippen LogP contribution in [0.4, 0.5) is 11.4 Å². The molecule has 0 aromatic heterocycles. The van der Waals surface area contributed by atoms with Crippen LogP contribution in [0.5, 0.6) is 0 Å². The molecule has 1 fully saturated rings. The number of ether oxygens (including phenoxy) is 1. The predicted octanol–water partition coefficient (Wildman–Crippen LogP) is 4.20. The van der Waals surface area contributed by atoms with Gasteiger partial charge in [-0.2, -0.15) is 5.26 Å². The molecule has 2 aromatic rings. The third kappa shape index (κ3) is 4.46. The molecule has 0 N–H and O–H groups in total. The zero-order chi connectivity index (χ0) is 19.9. The van der Waals surface area contributed by atoms with Crippen molar-refractivity contribution in [2.45, 2.75) is 32.3 Å². The van der Waals surface area contributed by atoms with E-state index in [1.807, 2.05) is 11.0 Å². The summed E-state index contributed by atoms with van der Waals surface area (Å²) in [7, 11) is 0. The van der Waals surface area contributed by atoms with Crippen molar-refractivity contribution in [3.63, 3.8) is 0 Å². The highest BCUT2D eigenvalue weighted by atomic mass is 16.6. The number of nitrogens with zero attached hydrogens (tertiary/aromatic N) is 3. The number of nitriles is 1. The van der Waals surface area contributed by atoms with Crippen molar-refractivity contribution in [2.24, 2.45) is 0 Å². The van der Waals surface area contributed by atoms with Crippen LogP contribution in [-0.4, -0.2) is 24.0 Å². The first-order chi connectivity index (χ1) is 13.6. The average molecular weight is 379 g/mol. The van der Waals surface area contributed by atoms with Crippen LogP contribution in [0, 0.1) is 21.4 Å². The third-order valence-electron chi connectivity index (χ3n) is 4.85. The summed E-state index contributed by atoms with van der Waals surface area (Å²) < 4.78 is 5.27. The molecule has 0 saturated carbocycles. The van der Waals surface area contributed by atoms with E-state index in [0.717, 1.165) is 38.8 Å². The van der Waals surface area contributed by atoms with Crippen LogP contribution >= 0.6 is 0 Å². The molecule has 1 saturated heterocycles. The van der Waals surface area contributed by atoms with Crippen LogP contribution in [0.25, 0.3) is 0 Å². The van der Waals surface area contributed by atoms with Crippen LogP contribution in [0.1, 0.15) is 47.2 Å². The zero-order valence-corrected chi connectivity index (χ0v) is 15.5. The second-order valence-corrected chi connectivity index (χ2v) is 6.71. The quantitative estimate of drug-likeness (QED) is 0.439. The fourth-order valence-corrected chi connectivity index (χ4v) is 3.36. The summed E-state index contributed by atoms with van der Waals surface area (Å²) in [4.78, 5) is 25.5. The number of esters is 1. The van der Waals surface area contributed by atoms with Crippen molar-refractivity contribution < 1.29 is 14.5 Å². The molecule has 1 heterocycles. The van der Waals surface area contributed by atoms with Gasteiger partial charge >= 0.3 is 5.97 Å². The van der Waals surface area contributed by atoms with Crippen molar-refractivity contribution in [3.05, 3.63) is 69.3 Å². The van der Waals surface area contributed by atoms with Gasteiger partial charge < -0.3 is 9.64 Å². The topological polar surface area (TPSA) is 96.5 Å². The van der Waals surface area contributed by atoms with E-state index in [1.54, 1.807) is 36.4 Å². The molecule has 0 bridgehead atoms. The first kappa shape index (κ1) is 19.4. The Kier molecular flexibility index (Phi) is 6.22. The van der Waals surface area contributed by atoms with E-state index < -0.39 is 10.9 Å². The minimum atomic E-state index is -0.654. The Balaban J connectivity index is 1.78. The maximum absolute atomic E-state index is 12.4. The molecule has 0 aliphatic carbocycles. The molecular formula is C21H21N3O4. The van der Waals surface area contributed by atoms with Crippen LogP contribution in [0.15, 0.2) is 42.5 Å². The summed E-state index contributed by atoms with van der Waals surface area (Å²) in [5.41, 5.74) is 1.60. The lowest BCUT2D eigenvalue weighted by molar-refractivity contribution is -0.384. The summed E-state index contributed by atoms with van der Waals surface area (Å²) >= 11 is 0.